The lowest BCUT2D eigenvalue weighted by Crippen LogP contribution is -2.21. The van der Waals surface area contributed by atoms with Crippen molar-refractivity contribution in [3.63, 3.8) is 0 Å². The largest absolute Gasteiger partial charge is 0.312 e. The fourth-order valence-corrected chi connectivity index (χ4v) is 3.35. The van der Waals surface area contributed by atoms with E-state index in [2.05, 4.69) is 65.0 Å². The number of thiophene rings is 1. The molecule has 0 unspecified atom stereocenters. The molecule has 0 spiro atoms. The molecule has 2 aromatic heterocycles. The lowest BCUT2D eigenvalue weighted by molar-refractivity contribution is 0.549. The predicted molar refractivity (Wildman–Crippen MR) is 89.1 cm³/mol. The Morgan fingerprint density at radius 1 is 1.20 bits per heavy atom. The first-order valence-corrected chi connectivity index (χ1v) is 8.39. The first-order chi connectivity index (χ1) is 9.47. The molecule has 0 aliphatic heterocycles. The summed E-state index contributed by atoms with van der Waals surface area (Å²) in [6.07, 6.45) is 0. The summed E-state index contributed by atoms with van der Waals surface area (Å²) in [6, 6.07) is 4.09. The molecule has 2 rings (SSSR count). The van der Waals surface area contributed by atoms with Crippen molar-refractivity contribution in [2.45, 2.75) is 34.2 Å². The van der Waals surface area contributed by atoms with Gasteiger partial charge in [-0.25, -0.2) is 9.97 Å². The molecular formula is C15H20BrN3S. The van der Waals surface area contributed by atoms with Gasteiger partial charge in [-0.1, -0.05) is 13.8 Å². The third-order valence-electron chi connectivity index (χ3n) is 3.07. The summed E-state index contributed by atoms with van der Waals surface area (Å²) in [6.45, 7) is 10.4. The molecule has 0 saturated carbocycles. The summed E-state index contributed by atoms with van der Waals surface area (Å²) in [4.78, 5) is 10.4. The second kappa shape index (κ2) is 6.78. The maximum atomic E-state index is 4.65. The lowest BCUT2D eigenvalue weighted by atomic mass is 10.1. The van der Waals surface area contributed by atoms with E-state index in [1.807, 2.05) is 6.07 Å². The highest BCUT2D eigenvalue weighted by molar-refractivity contribution is 9.11. The zero-order valence-electron chi connectivity index (χ0n) is 12.3. The quantitative estimate of drug-likeness (QED) is 0.869. The van der Waals surface area contributed by atoms with Gasteiger partial charge in [0, 0.05) is 23.5 Å². The lowest BCUT2D eigenvalue weighted by Gasteiger charge is -2.12. The Morgan fingerprint density at radius 2 is 1.85 bits per heavy atom. The van der Waals surface area contributed by atoms with Gasteiger partial charge in [0.1, 0.15) is 0 Å². The van der Waals surface area contributed by atoms with Gasteiger partial charge in [-0.2, -0.15) is 0 Å². The van der Waals surface area contributed by atoms with Gasteiger partial charge in [-0.05, 0) is 54.4 Å². The Kier molecular flexibility index (Phi) is 5.29. The average molecular weight is 354 g/mol. The van der Waals surface area contributed by atoms with Crippen molar-refractivity contribution < 1.29 is 0 Å². The summed E-state index contributed by atoms with van der Waals surface area (Å²) in [7, 11) is 0. The molecule has 0 atom stereocenters. The van der Waals surface area contributed by atoms with Crippen LogP contribution in [0.2, 0.25) is 0 Å². The van der Waals surface area contributed by atoms with Crippen molar-refractivity contribution in [2.75, 3.05) is 6.54 Å². The molecule has 2 heterocycles. The minimum Gasteiger partial charge on any atom is -0.312 e. The van der Waals surface area contributed by atoms with Gasteiger partial charge < -0.3 is 5.32 Å². The van der Waals surface area contributed by atoms with E-state index < -0.39 is 0 Å². The first-order valence-electron chi connectivity index (χ1n) is 6.78. The van der Waals surface area contributed by atoms with Crippen LogP contribution in [0.25, 0.3) is 10.7 Å². The van der Waals surface area contributed by atoms with E-state index in [0.29, 0.717) is 5.92 Å². The molecule has 3 nitrogen and oxygen atoms in total. The highest BCUT2D eigenvalue weighted by Crippen LogP contribution is 2.29. The van der Waals surface area contributed by atoms with Crippen molar-refractivity contribution in [2.24, 2.45) is 5.92 Å². The van der Waals surface area contributed by atoms with Gasteiger partial charge in [0.05, 0.1) is 8.66 Å². The zero-order valence-corrected chi connectivity index (χ0v) is 14.7. The molecule has 0 aromatic carbocycles. The highest BCUT2D eigenvalue weighted by Gasteiger charge is 2.11. The Balaban J connectivity index is 2.20. The van der Waals surface area contributed by atoms with Crippen LogP contribution >= 0.6 is 27.3 Å². The predicted octanol–water partition coefficient (Wildman–Crippen LogP) is 4.33. The SMILES string of the molecule is Cc1nc(-c2ccc(Br)s2)nc(C)c1CNCC(C)C. The smallest absolute Gasteiger partial charge is 0.169 e. The monoisotopic (exact) mass is 353 g/mol. The molecule has 0 bridgehead atoms. The standard InChI is InChI=1S/C15H20BrN3S/c1-9(2)7-17-8-12-10(3)18-15(19-11(12)4)13-5-6-14(16)20-13/h5-6,9,17H,7-8H2,1-4H3. The first kappa shape index (κ1) is 15.6. The van der Waals surface area contributed by atoms with Crippen LogP contribution in [0.15, 0.2) is 15.9 Å². The van der Waals surface area contributed by atoms with Crippen LogP contribution < -0.4 is 5.32 Å². The van der Waals surface area contributed by atoms with Gasteiger partial charge in [-0.15, -0.1) is 11.3 Å². The topological polar surface area (TPSA) is 37.8 Å². The van der Waals surface area contributed by atoms with Crippen LogP contribution in [0.5, 0.6) is 0 Å². The molecular weight excluding hydrogens is 334 g/mol. The summed E-state index contributed by atoms with van der Waals surface area (Å²) in [5.41, 5.74) is 3.34. The number of aryl methyl sites for hydroxylation is 2. The maximum absolute atomic E-state index is 4.65. The minimum atomic E-state index is 0.652. The van der Waals surface area contributed by atoms with E-state index in [9.17, 15) is 0 Å². The van der Waals surface area contributed by atoms with Crippen LogP contribution in [0.3, 0.4) is 0 Å². The second-order valence-electron chi connectivity index (χ2n) is 5.33. The Hall–Kier alpha value is -0.780. The van der Waals surface area contributed by atoms with Crippen molar-refractivity contribution in [3.8, 4) is 10.7 Å². The van der Waals surface area contributed by atoms with Crippen LogP contribution in [0.1, 0.15) is 30.8 Å². The maximum Gasteiger partial charge on any atom is 0.169 e. The van der Waals surface area contributed by atoms with E-state index in [1.54, 1.807) is 11.3 Å². The van der Waals surface area contributed by atoms with E-state index in [-0.39, 0.29) is 0 Å². The van der Waals surface area contributed by atoms with Crippen molar-refractivity contribution in [3.05, 3.63) is 32.9 Å². The van der Waals surface area contributed by atoms with Gasteiger partial charge >= 0.3 is 0 Å². The second-order valence-corrected chi connectivity index (χ2v) is 7.79. The van der Waals surface area contributed by atoms with E-state index in [0.717, 1.165) is 39.0 Å². The number of nitrogens with one attached hydrogen (secondary N) is 1. The Morgan fingerprint density at radius 3 is 2.35 bits per heavy atom. The molecule has 5 heteroatoms. The number of rotatable bonds is 5. The summed E-state index contributed by atoms with van der Waals surface area (Å²) >= 11 is 5.14. The third kappa shape index (κ3) is 3.87. The molecule has 0 saturated heterocycles. The van der Waals surface area contributed by atoms with E-state index in [1.165, 1.54) is 5.56 Å². The van der Waals surface area contributed by atoms with Crippen molar-refractivity contribution >= 4 is 27.3 Å². The van der Waals surface area contributed by atoms with Crippen molar-refractivity contribution in [1.29, 1.82) is 0 Å². The van der Waals surface area contributed by atoms with Gasteiger partial charge in [0.25, 0.3) is 0 Å². The fourth-order valence-electron chi connectivity index (χ4n) is 2.03. The molecule has 0 radical (unpaired) electrons. The molecule has 2 aromatic rings. The third-order valence-corrected chi connectivity index (χ3v) is 4.69. The Bertz CT molecular complexity index is 570. The number of hydrogen-bond acceptors (Lipinski definition) is 4. The normalized spacial score (nSPS) is 11.3. The van der Waals surface area contributed by atoms with Crippen LogP contribution in [-0.4, -0.2) is 16.5 Å². The molecule has 20 heavy (non-hydrogen) atoms. The molecule has 1 N–H and O–H groups in total. The molecule has 0 fully saturated rings. The van der Waals surface area contributed by atoms with Crippen molar-refractivity contribution in [1.82, 2.24) is 15.3 Å². The fraction of sp³-hybridized carbons (Fsp3) is 0.467. The van der Waals surface area contributed by atoms with E-state index >= 15 is 0 Å². The average Bonchev–Trinajstić information content (AvgIpc) is 2.79. The Labute approximate surface area is 133 Å². The van der Waals surface area contributed by atoms with Crippen LogP contribution in [0.4, 0.5) is 0 Å². The number of hydrogen-bond donors (Lipinski definition) is 1. The highest BCUT2D eigenvalue weighted by atomic mass is 79.9. The number of halogens is 1. The number of nitrogens with zero attached hydrogens (tertiary/aromatic N) is 2. The van der Waals surface area contributed by atoms with Gasteiger partial charge in [-0.3, -0.25) is 0 Å². The van der Waals surface area contributed by atoms with Crippen LogP contribution in [-0.2, 0) is 6.54 Å². The van der Waals surface area contributed by atoms with Crippen LogP contribution in [0, 0.1) is 19.8 Å². The molecule has 108 valence electrons. The number of aromatic nitrogens is 2. The minimum absolute atomic E-state index is 0.652. The summed E-state index contributed by atoms with van der Waals surface area (Å²) in [5.74, 6) is 1.47. The van der Waals surface area contributed by atoms with Gasteiger partial charge in [0.2, 0.25) is 0 Å². The van der Waals surface area contributed by atoms with Gasteiger partial charge in [0.15, 0.2) is 5.82 Å². The summed E-state index contributed by atoms with van der Waals surface area (Å²) in [5, 5.41) is 3.46. The molecule has 0 amide bonds. The van der Waals surface area contributed by atoms with E-state index in [4.69, 9.17) is 0 Å². The zero-order chi connectivity index (χ0) is 14.7. The summed E-state index contributed by atoms with van der Waals surface area (Å²) < 4.78 is 1.11. The molecule has 0 aliphatic carbocycles. The molecule has 0 aliphatic rings.